The fourth-order valence-corrected chi connectivity index (χ4v) is 9.54. The van der Waals surface area contributed by atoms with Gasteiger partial charge >= 0.3 is 0 Å². The summed E-state index contributed by atoms with van der Waals surface area (Å²) in [6.07, 6.45) is 0. The number of nitrogens with zero attached hydrogens (tertiary/aromatic N) is 2. The van der Waals surface area contributed by atoms with Crippen LogP contribution in [0.15, 0.2) is 231 Å². The molecule has 0 unspecified atom stereocenters. The standard InChI is InChI=1S/C60H38N2/c1-3-17-43(18-4-1)57-51-25-13-14-26-52(51)58(54-34-33-41-16-9-10-22-47(41)59(54)57)53-36-35-50(48-23-11-12-24-49(48)53)56-38-55(61-60(62-56)44-19-5-2-6-20-44)42-30-27-40(28-31-42)46-32-29-39-15-7-8-21-45(39)37-46/h1-38H. The van der Waals surface area contributed by atoms with Gasteiger partial charge in [0.15, 0.2) is 5.82 Å². The van der Waals surface area contributed by atoms with Gasteiger partial charge in [-0.3, -0.25) is 0 Å². The molecule has 0 bridgehead atoms. The normalized spacial score (nSPS) is 11.5. The van der Waals surface area contributed by atoms with Crippen LogP contribution < -0.4 is 0 Å². The first-order valence-corrected chi connectivity index (χ1v) is 21.2. The van der Waals surface area contributed by atoms with Gasteiger partial charge in [-0.1, -0.05) is 218 Å². The number of hydrogen-bond acceptors (Lipinski definition) is 2. The first-order chi connectivity index (χ1) is 30.7. The second kappa shape index (κ2) is 14.8. The van der Waals surface area contributed by atoms with E-state index in [-0.39, 0.29) is 0 Å². The number of hydrogen-bond donors (Lipinski definition) is 0. The Bertz CT molecular complexity index is 3670. The number of aromatic nitrogens is 2. The highest BCUT2D eigenvalue weighted by Crippen LogP contribution is 2.48. The van der Waals surface area contributed by atoms with Crippen molar-refractivity contribution in [1.29, 1.82) is 0 Å². The molecule has 0 atom stereocenters. The van der Waals surface area contributed by atoms with Gasteiger partial charge in [-0.2, -0.15) is 0 Å². The molecular weight excluding hydrogens is 749 g/mol. The van der Waals surface area contributed by atoms with Gasteiger partial charge in [0.1, 0.15) is 0 Å². The lowest BCUT2D eigenvalue weighted by molar-refractivity contribution is 1.18. The molecule has 0 aliphatic carbocycles. The first kappa shape index (κ1) is 35.7. The van der Waals surface area contributed by atoms with Crippen molar-refractivity contribution in [3.63, 3.8) is 0 Å². The van der Waals surface area contributed by atoms with Crippen LogP contribution in [0.4, 0.5) is 0 Å². The molecule has 0 N–H and O–H groups in total. The lowest BCUT2D eigenvalue weighted by Crippen LogP contribution is -1.97. The molecule has 11 aromatic carbocycles. The fraction of sp³-hybridized carbons (Fsp3) is 0. The summed E-state index contributed by atoms with van der Waals surface area (Å²) in [5.74, 6) is 0.699. The van der Waals surface area contributed by atoms with E-state index in [9.17, 15) is 0 Å². The Labute approximate surface area is 360 Å². The second-order valence-electron chi connectivity index (χ2n) is 16.0. The number of fused-ring (bicyclic) bond motifs is 6. The molecule has 0 spiro atoms. The zero-order valence-electron chi connectivity index (χ0n) is 33.8. The topological polar surface area (TPSA) is 25.8 Å². The quantitative estimate of drug-likeness (QED) is 0.124. The van der Waals surface area contributed by atoms with E-state index in [0.717, 1.165) is 33.5 Å². The summed E-state index contributed by atoms with van der Waals surface area (Å²) in [6.45, 7) is 0. The van der Waals surface area contributed by atoms with Crippen LogP contribution in [0.5, 0.6) is 0 Å². The molecule has 2 heteroatoms. The highest BCUT2D eigenvalue weighted by Gasteiger charge is 2.21. The number of benzene rings is 11. The van der Waals surface area contributed by atoms with Crippen LogP contribution in [0.2, 0.25) is 0 Å². The molecular formula is C60H38N2. The van der Waals surface area contributed by atoms with Crippen LogP contribution in [0.3, 0.4) is 0 Å². The highest BCUT2D eigenvalue weighted by atomic mass is 14.9. The van der Waals surface area contributed by atoms with E-state index in [1.807, 2.05) is 6.07 Å². The third kappa shape index (κ3) is 6.04. The Morgan fingerprint density at radius 1 is 0.242 bits per heavy atom. The maximum atomic E-state index is 5.31. The van der Waals surface area contributed by atoms with Crippen molar-refractivity contribution in [3.8, 4) is 67.3 Å². The van der Waals surface area contributed by atoms with Crippen LogP contribution in [0.1, 0.15) is 0 Å². The van der Waals surface area contributed by atoms with Gasteiger partial charge in [-0.05, 0) is 99.4 Å². The Hall–Kier alpha value is -8.20. The van der Waals surface area contributed by atoms with Crippen molar-refractivity contribution < 1.29 is 0 Å². The lowest BCUT2D eigenvalue weighted by atomic mass is 9.82. The van der Waals surface area contributed by atoms with Crippen molar-refractivity contribution in [1.82, 2.24) is 9.97 Å². The molecule has 1 aromatic heterocycles. The smallest absolute Gasteiger partial charge is 0.160 e. The van der Waals surface area contributed by atoms with Gasteiger partial charge in [0, 0.05) is 16.7 Å². The van der Waals surface area contributed by atoms with E-state index in [1.165, 1.54) is 81.9 Å². The molecule has 0 saturated carbocycles. The maximum absolute atomic E-state index is 5.31. The summed E-state index contributed by atoms with van der Waals surface area (Å²) in [4.78, 5) is 10.5. The molecule has 12 rings (SSSR count). The van der Waals surface area contributed by atoms with Crippen molar-refractivity contribution in [2.45, 2.75) is 0 Å². The molecule has 0 fully saturated rings. The average Bonchev–Trinajstić information content (AvgIpc) is 3.35. The van der Waals surface area contributed by atoms with Gasteiger partial charge in [0.2, 0.25) is 0 Å². The van der Waals surface area contributed by atoms with Crippen molar-refractivity contribution in [2.24, 2.45) is 0 Å². The molecule has 12 aromatic rings. The van der Waals surface area contributed by atoms with E-state index in [4.69, 9.17) is 9.97 Å². The minimum absolute atomic E-state index is 0.699. The molecule has 0 aliphatic heterocycles. The summed E-state index contributed by atoms with van der Waals surface area (Å²) in [7, 11) is 0. The Morgan fingerprint density at radius 3 is 1.50 bits per heavy atom. The van der Waals surface area contributed by atoms with E-state index in [1.54, 1.807) is 0 Å². The zero-order chi connectivity index (χ0) is 41.0. The Morgan fingerprint density at radius 2 is 0.758 bits per heavy atom. The van der Waals surface area contributed by atoms with Gasteiger partial charge in [0.25, 0.3) is 0 Å². The third-order valence-electron chi connectivity index (χ3n) is 12.5. The summed E-state index contributed by atoms with van der Waals surface area (Å²) in [5.41, 5.74) is 12.1. The molecule has 0 amide bonds. The Balaban J connectivity index is 1.06. The molecule has 62 heavy (non-hydrogen) atoms. The summed E-state index contributed by atoms with van der Waals surface area (Å²) in [5, 5.41) is 12.3. The monoisotopic (exact) mass is 786 g/mol. The predicted octanol–water partition coefficient (Wildman–Crippen LogP) is 16.2. The highest BCUT2D eigenvalue weighted by molar-refractivity contribution is 6.29. The second-order valence-corrected chi connectivity index (χ2v) is 16.0. The minimum Gasteiger partial charge on any atom is -0.228 e. The summed E-state index contributed by atoms with van der Waals surface area (Å²) in [6, 6.07) is 83.0. The fourth-order valence-electron chi connectivity index (χ4n) is 9.54. The molecule has 0 saturated heterocycles. The van der Waals surface area contributed by atoms with E-state index in [0.29, 0.717) is 5.82 Å². The third-order valence-corrected chi connectivity index (χ3v) is 12.5. The van der Waals surface area contributed by atoms with Gasteiger partial charge in [-0.25, -0.2) is 9.97 Å². The molecule has 288 valence electrons. The summed E-state index contributed by atoms with van der Waals surface area (Å²) < 4.78 is 0. The lowest BCUT2D eigenvalue weighted by Gasteiger charge is -2.21. The maximum Gasteiger partial charge on any atom is 0.160 e. The predicted molar refractivity (Wildman–Crippen MR) is 262 cm³/mol. The molecule has 2 nitrogen and oxygen atoms in total. The van der Waals surface area contributed by atoms with Crippen molar-refractivity contribution in [2.75, 3.05) is 0 Å². The van der Waals surface area contributed by atoms with Crippen LogP contribution in [0.25, 0.3) is 121 Å². The zero-order valence-corrected chi connectivity index (χ0v) is 33.8. The van der Waals surface area contributed by atoms with Crippen molar-refractivity contribution in [3.05, 3.63) is 231 Å². The van der Waals surface area contributed by atoms with Gasteiger partial charge in [-0.15, -0.1) is 0 Å². The Kier molecular flexibility index (Phi) is 8.53. The van der Waals surface area contributed by atoms with Crippen molar-refractivity contribution >= 4 is 53.9 Å². The molecule has 0 aliphatic rings. The largest absolute Gasteiger partial charge is 0.228 e. The average molecular weight is 787 g/mol. The molecule has 0 radical (unpaired) electrons. The van der Waals surface area contributed by atoms with E-state index >= 15 is 0 Å². The van der Waals surface area contributed by atoms with Crippen LogP contribution in [-0.4, -0.2) is 9.97 Å². The molecule has 1 heterocycles. The number of rotatable bonds is 6. The first-order valence-electron chi connectivity index (χ1n) is 21.2. The van der Waals surface area contributed by atoms with E-state index < -0.39 is 0 Å². The van der Waals surface area contributed by atoms with Crippen LogP contribution >= 0.6 is 0 Å². The van der Waals surface area contributed by atoms with Gasteiger partial charge in [0.05, 0.1) is 11.4 Å². The SMILES string of the molecule is c1ccc(-c2nc(-c3ccc(-c4ccc5ccccc5c4)cc3)cc(-c3ccc(-c4c5ccccc5c(-c5ccccc5)c5c4ccc4ccccc45)c4ccccc34)n2)cc1. The minimum atomic E-state index is 0.699. The van der Waals surface area contributed by atoms with Crippen LogP contribution in [-0.2, 0) is 0 Å². The van der Waals surface area contributed by atoms with Gasteiger partial charge < -0.3 is 0 Å². The van der Waals surface area contributed by atoms with Crippen LogP contribution in [0, 0.1) is 0 Å². The van der Waals surface area contributed by atoms with E-state index in [2.05, 4.69) is 224 Å². The summed E-state index contributed by atoms with van der Waals surface area (Å²) >= 11 is 0.